The van der Waals surface area contributed by atoms with Gasteiger partial charge in [-0.15, -0.1) is 0 Å². The number of ether oxygens (including phenoxy) is 1. The van der Waals surface area contributed by atoms with Gasteiger partial charge < -0.3 is 20.3 Å². The highest BCUT2D eigenvalue weighted by Crippen LogP contribution is 2.45. The molecule has 0 radical (unpaired) electrons. The molecule has 2 aromatic rings. The Morgan fingerprint density at radius 1 is 1.33 bits per heavy atom. The van der Waals surface area contributed by atoms with E-state index in [0.717, 1.165) is 24.5 Å². The van der Waals surface area contributed by atoms with E-state index in [1.807, 2.05) is 17.0 Å². The number of amides is 1. The lowest BCUT2D eigenvalue weighted by atomic mass is 9.89. The minimum absolute atomic E-state index is 0.0252. The lowest BCUT2D eigenvalue weighted by molar-refractivity contribution is -0.136. The number of nitrogens with zero attached hydrogens (tertiary/aromatic N) is 4. The monoisotopic (exact) mass is 371 g/mol. The van der Waals surface area contributed by atoms with Gasteiger partial charge in [-0.2, -0.15) is 4.98 Å². The Kier molecular flexibility index (Phi) is 4.65. The molecule has 2 aliphatic rings. The van der Waals surface area contributed by atoms with Gasteiger partial charge in [0.15, 0.2) is 0 Å². The Morgan fingerprint density at radius 3 is 2.93 bits per heavy atom. The van der Waals surface area contributed by atoms with E-state index in [2.05, 4.69) is 14.9 Å². The van der Waals surface area contributed by atoms with Crippen molar-refractivity contribution in [2.45, 2.75) is 6.04 Å². The molecule has 2 aliphatic heterocycles. The van der Waals surface area contributed by atoms with Crippen LogP contribution in [0.15, 0.2) is 36.5 Å². The van der Waals surface area contributed by atoms with Gasteiger partial charge in [-0.25, -0.2) is 9.37 Å². The number of carbonyl (C=O) groups excluding carboxylic acids is 1. The zero-order valence-corrected chi connectivity index (χ0v) is 15.1. The van der Waals surface area contributed by atoms with Gasteiger partial charge in [-0.1, -0.05) is 12.1 Å². The summed E-state index contributed by atoms with van der Waals surface area (Å²) >= 11 is 0. The van der Waals surface area contributed by atoms with Gasteiger partial charge in [-0.3, -0.25) is 4.79 Å². The van der Waals surface area contributed by atoms with Crippen LogP contribution in [0.1, 0.15) is 11.6 Å². The summed E-state index contributed by atoms with van der Waals surface area (Å²) in [6.07, 6.45) is 1.64. The number of benzene rings is 1. The van der Waals surface area contributed by atoms with Crippen molar-refractivity contribution < 1.29 is 13.9 Å². The Bertz CT molecular complexity index is 848. The van der Waals surface area contributed by atoms with Gasteiger partial charge in [0.2, 0.25) is 11.9 Å². The second kappa shape index (κ2) is 7.11. The molecule has 0 spiro atoms. The van der Waals surface area contributed by atoms with Crippen molar-refractivity contribution in [1.82, 2.24) is 14.9 Å². The van der Waals surface area contributed by atoms with E-state index >= 15 is 0 Å². The average molecular weight is 371 g/mol. The third-order valence-electron chi connectivity index (χ3n) is 5.43. The van der Waals surface area contributed by atoms with Crippen molar-refractivity contribution in [2.24, 2.45) is 11.8 Å². The highest BCUT2D eigenvalue weighted by Gasteiger charge is 2.49. The molecule has 1 amide bonds. The van der Waals surface area contributed by atoms with E-state index in [1.54, 1.807) is 12.3 Å². The van der Waals surface area contributed by atoms with Crippen molar-refractivity contribution in [3.63, 3.8) is 0 Å². The molecule has 8 heteroatoms. The molecule has 7 nitrogen and oxygen atoms in total. The van der Waals surface area contributed by atoms with E-state index in [0.29, 0.717) is 6.54 Å². The summed E-state index contributed by atoms with van der Waals surface area (Å²) in [5.41, 5.74) is 6.53. The number of rotatable bonds is 4. The zero-order chi connectivity index (χ0) is 19.0. The number of hydrogen-bond acceptors (Lipinski definition) is 6. The standard InChI is InChI=1S/C19H22FN5O2/c1-27-11-17(26)25-9-13-8-24(16-5-6-22-19(21)23-16)10-15(13)18(25)12-3-2-4-14(20)7-12/h2-7,13,15,18H,8-11H2,1H3,(H2,21,22,23)/t13-,15-,18+/m1/s1. The van der Waals surface area contributed by atoms with Crippen LogP contribution in [0.2, 0.25) is 0 Å². The molecular formula is C19H22FN5O2. The number of hydrogen-bond donors (Lipinski definition) is 1. The first kappa shape index (κ1) is 17.7. The minimum atomic E-state index is -0.298. The number of nitrogen functional groups attached to an aromatic ring is 1. The summed E-state index contributed by atoms with van der Waals surface area (Å²) in [4.78, 5) is 24.8. The van der Waals surface area contributed by atoms with Gasteiger partial charge in [0.05, 0.1) is 6.04 Å². The molecule has 142 valence electrons. The largest absolute Gasteiger partial charge is 0.375 e. The summed E-state index contributed by atoms with van der Waals surface area (Å²) in [6.45, 7) is 2.13. The van der Waals surface area contributed by atoms with E-state index in [4.69, 9.17) is 10.5 Å². The van der Waals surface area contributed by atoms with Crippen molar-refractivity contribution in [2.75, 3.05) is 44.0 Å². The molecular weight excluding hydrogens is 349 g/mol. The molecule has 0 aliphatic carbocycles. The molecule has 2 fully saturated rings. The molecule has 3 atom stereocenters. The predicted octanol–water partition coefficient (Wildman–Crippen LogP) is 1.48. The minimum Gasteiger partial charge on any atom is -0.375 e. The smallest absolute Gasteiger partial charge is 0.249 e. The van der Waals surface area contributed by atoms with Gasteiger partial charge in [0.25, 0.3) is 0 Å². The second-order valence-corrected chi connectivity index (χ2v) is 7.08. The van der Waals surface area contributed by atoms with Crippen LogP contribution in [0.25, 0.3) is 0 Å². The number of anilines is 2. The molecule has 27 heavy (non-hydrogen) atoms. The first-order valence-corrected chi connectivity index (χ1v) is 8.94. The van der Waals surface area contributed by atoms with Crippen molar-refractivity contribution in [3.8, 4) is 0 Å². The molecule has 4 rings (SSSR count). The molecule has 0 bridgehead atoms. The molecule has 3 heterocycles. The van der Waals surface area contributed by atoms with Crippen molar-refractivity contribution in [3.05, 3.63) is 47.9 Å². The maximum absolute atomic E-state index is 13.9. The summed E-state index contributed by atoms with van der Waals surface area (Å²) in [5, 5.41) is 0. The van der Waals surface area contributed by atoms with E-state index in [9.17, 15) is 9.18 Å². The third kappa shape index (κ3) is 3.32. The second-order valence-electron chi connectivity index (χ2n) is 7.08. The van der Waals surface area contributed by atoms with Crippen LogP contribution in [0.4, 0.5) is 16.2 Å². The number of methoxy groups -OCH3 is 1. The summed E-state index contributed by atoms with van der Waals surface area (Å²) in [6, 6.07) is 8.16. The summed E-state index contributed by atoms with van der Waals surface area (Å²) in [7, 11) is 1.51. The first-order chi connectivity index (χ1) is 13.1. The fourth-order valence-corrected chi connectivity index (χ4v) is 4.35. The van der Waals surface area contributed by atoms with Crippen LogP contribution in [0.3, 0.4) is 0 Å². The van der Waals surface area contributed by atoms with Crippen LogP contribution < -0.4 is 10.6 Å². The number of nitrogens with two attached hydrogens (primary N) is 1. The molecule has 0 saturated carbocycles. The molecule has 2 saturated heterocycles. The van der Waals surface area contributed by atoms with E-state index in [-0.39, 0.29) is 42.2 Å². The number of halogens is 1. The number of aromatic nitrogens is 2. The summed E-state index contributed by atoms with van der Waals surface area (Å²) < 4.78 is 18.9. The lowest BCUT2D eigenvalue weighted by Crippen LogP contribution is -2.37. The molecule has 1 aromatic heterocycles. The molecule has 0 unspecified atom stereocenters. The van der Waals surface area contributed by atoms with Crippen LogP contribution in [-0.2, 0) is 9.53 Å². The summed E-state index contributed by atoms with van der Waals surface area (Å²) in [5.74, 6) is 1.11. The first-order valence-electron chi connectivity index (χ1n) is 8.94. The third-order valence-corrected chi connectivity index (χ3v) is 5.43. The van der Waals surface area contributed by atoms with Crippen LogP contribution in [0.5, 0.6) is 0 Å². The Labute approximate surface area is 157 Å². The number of fused-ring (bicyclic) bond motifs is 1. The quantitative estimate of drug-likeness (QED) is 0.876. The predicted molar refractivity (Wildman–Crippen MR) is 98.4 cm³/mol. The highest BCUT2D eigenvalue weighted by atomic mass is 19.1. The van der Waals surface area contributed by atoms with E-state index < -0.39 is 0 Å². The van der Waals surface area contributed by atoms with Gasteiger partial charge >= 0.3 is 0 Å². The van der Waals surface area contributed by atoms with Crippen LogP contribution in [-0.4, -0.2) is 54.1 Å². The van der Waals surface area contributed by atoms with Crippen molar-refractivity contribution >= 4 is 17.7 Å². The van der Waals surface area contributed by atoms with Crippen LogP contribution in [0, 0.1) is 17.7 Å². The topological polar surface area (TPSA) is 84.6 Å². The molecule has 1 aromatic carbocycles. The maximum Gasteiger partial charge on any atom is 0.249 e. The fourth-order valence-electron chi connectivity index (χ4n) is 4.35. The zero-order valence-electron chi connectivity index (χ0n) is 15.1. The Hall–Kier alpha value is -2.74. The normalized spacial score (nSPS) is 24.3. The average Bonchev–Trinajstić information content (AvgIpc) is 3.19. The lowest BCUT2D eigenvalue weighted by Gasteiger charge is -2.30. The Morgan fingerprint density at radius 2 is 2.19 bits per heavy atom. The van der Waals surface area contributed by atoms with Crippen molar-refractivity contribution in [1.29, 1.82) is 0 Å². The number of likely N-dealkylation sites (tertiary alicyclic amines) is 1. The maximum atomic E-state index is 13.9. The fraction of sp³-hybridized carbons (Fsp3) is 0.421. The van der Waals surface area contributed by atoms with Gasteiger partial charge in [-0.05, 0) is 23.8 Å². The van der Waals surface area contributed by atoms with Crippen LogP contribution >= 0.6 is 0 Å². The SMILES string of the molecule is COCC(=O)N1C[C@H]2CN(c3ccnc(N)n3)C[C@H]2[C@@H]1c1cccc(F)c1. The molecule has 2 N–H and O–H groups in total. The van der Waals surface area contributed by atoms with Gasteiger partial charge in [0, 0.05) is 44.8 Å². The van der Waals surface area contributed by atoms with E-state index in [1.165, 1.54) is 19.2 Å². The Balaban J connectivity index is 1.63. The number of carbonyl (C=O) groups is 1. The van der Waals surface area contributed by atoms with Gasteiger partial charge in [0.1, 0.15) is 18.2 Å². The highest BCUT2D eigenvalue weighted by molar-refractivity contribution is 5.78.